The molecule has 0 bridgehead atoms. The largest absolute Gasteiger partial charge is 0.380 e. The van der Waals surface area contributed by atoms with E-state index in [0.29, 0.717) is 19.3 Å². The number of nitrogens with two attached hydrogens (primary N) is 1. The van der Waals surface area contributed by atoms with Crippen molar-refractivity contribution in [3.63, 3.8) is 0 Å². The van der Waals surface area contributed by atoms with Crippen LogP contribution in [0, 0.1) is 0 Å². The predicted octanol–water partition coefficient (Wildman–Crippen LogP) is 1.55. The maximum absolute atomic E-state index is 6.01. The minimum absolute atomic E-state index is 0.256. The molecule has 19 heavy (non-hydrogen) atoms. The Bertz CT molecular complexity index is 397. The van der Waals surface area contributed by atoms with Crippen molar-refractivity contribution in [2.75, 3.05) is 33.9 Å². The van der Waals surface area contributed by atoms with Crippen LogP contribution in [0.3, 0.4) is 0 Å². The third-order valence-electron chi connectivity index (χ3n) is 3.89. The van der Waals surface area contributed by atoms with Gasteiger partial charge in [0.15, 0.2) is 0 Å². The third-order valence-corrected chi connectivity index (χ3v) is 3.89. The van der Waals surface area contributed by atoms with Gasteiger partial charge in [-0.3, -0.25) is 4.90 Å². The Hall–Kier alpha value is -0.940. The van der Waals surface area contributed by atoms with Gasteiger partial charge in [0.05, 0.1) is 12.7 Å². The van der Waals surface area contributed by atoms with Gasteiger partial charge < -0.3 is 15.2 Å². The van der Waals surface area contributed by atoms with E-state index in [1.807, 2.05) is 6.07 Å². The van der Waals surface area contributed by atoms with Gasteiger partial charge in [-0.25, -0.2) is 0 Å². The molecule has 0 spiro atoms. The number of benzene rings is 1. The van der Waals surface area contributed by atoms with Gasteiger partial charge in [-0.2, -0.15) is 0 Å². The molecule has 0 amide bonds. The normalized spacial score (nSPS) is 21.7. The summed E-state index contributed by atoms with van der Waals surface area (Å²) in [6.07, 6.45) is 1.42. The molecule has 2 unspecified atom stereocenters. The van der Waals surface area contributed by atoms with Crippen LogP contribution in [0.1, 0.15) is 23.6 Å². The molecule has 2 atom stereocenters. The lowest BCUT2D eigenvalue weighted by atomic mass is 9.99. The van der Waals surface area contributed by atoms with Gasteiger partial charge in [0.1, 0.15) is 0 Å². The highest BCUT2D eigenvalue weighted by Gasteiger charge is 2.29. The van der Waals surface area contributed by atoms with E-state index < -0.39 is 0 Å². The summed E-state index contributed by atoms with van der Waals surface area (Å²) < 4.78 is 10.7. The van der Waals surface area contributed by atoms with E-state index in [4.69, 9.17) is 15.2 Å². The highest BCUT2D eigenvalue weighted by atomic mass is 16.5. The van der Waals surface area contributed by atoms with Crippen LogP contribution >= 0.6 is 0 Å². The SMILES string of the molecule is COCc1ccccc1C(CN)N1CCC(OC)C1. The summed E-state index contributed by atoms with van der Waals surface area (Å²) in [7, 11) is 3.51. The van der Waals surface area contributed by atoms with Crippen molar-refractivity contribution in [2.24, 2.45) is 5.73 Å². The first-order valence-corrected chi connectivity index (χ1v) is 6.83. The summed E-state index contributed by atoms with van der Waals surface area (Å²) in [5, 5.41) is 0. The minimum atomic E-state index is 0.256. The summed E-state index contributed by atoms with van der Waals surface area (Å²) in [5.74, 6) is 0. The average Bonchev–Trinajstić information content (AvgIpc) is 2.91. The smallest absolute Gasteiger partial charge is 0.0716 e. The van der Waals surface area contributed by atoms with E-state index in [2.05, 4.69) is 23.1 Å². The molecule has 4 nitrogen and oxygen atoms in total. The topological polar surface area (TPSA) is 47.7 Å². The molecule has 1 aromatic carbocycles. The summed E-state index contributed by atoms with van der Waals surface area (Å²) in [4.78, 5) is 2.42. The van der Waals surface area contributed by atoms with Gasteiger partial charge in [0.2, 0.25) is 0 Å². The molecular weight excluding hydrogens is 240 g/mol. The number of rotatable bonds is 6. The molecule has 1 saturated heterocycles. The number of hydrogen-bond donors (Lipinski definition) is 1. The Balaban J connectivity index is 2.17. The fraction of sp³-hybridized carbons (Fsp3) is 0.600. The second-order valence-electron chi connectivity index (χ2n) is 5.02. The Labute approximate surface area is 115 Å². The average molecular weight is 264 g/mol. The molecule has 1 fully saturated rings. The molecule has 4 heteroatoms. The molecule has 106 valence electrons. The van der Waals surface area contributed by atoms with Crippen molar-refractivity contribution < 1.29 is 9.47 Å². The lowest BCUT2D eigenvalue weighted by Crippen LogP contribution is -2.33. The maximum atomic E-state index is 6.01. The van der Waals surface area contributed by atoms with Crippen molar-refractivity contribution in [1.29, 1.82) is 0 Å². The third kappa shape index (κ3) is 3.34. The standard InChI is InChI=1S/C15H24N2O2/c1-18-11-12-5-3-4-6-14(12)15(9-16)17-8-7-13(10-17)19-2/h3-6,13,15H,7-11,16H2,1-2H3. The van der Waals surface area contributed by atoms with Gasteiger partial charge in [-0.05, 0) is 17.5 Å². The van der Waals surface area contributed by atoms with Gasteiger partial charge in [-0.15, -0.1) is 0 Å². The Morgan fingerprint density at radius 3 is 2.79 bits per heavy atom. The molecule has 1 heterocycles. The Morgan fingerprint density at radius 1 is 1.37 bits per heavy atom. The quantitative estimate of drug-likeness (QED) is 0.847. The monoisotopic (exact) mass is 264 g/mol. The maximum Gasteiger partial charge on any atom is 0.0716 e. The molecule has 1 aliphatic heterocycles. The van der Waals surface area contributed by atoms with Gasteiger partial charge in [0.25, 0.3) is 0 Å². The molecule has 2 N–H and O–H groups in total. The molecule has 0 saturated carbocycles. The summed E-state index contributed by atoms with van der Waals surface area (Å²) >= 11 is 0. The first-order chi connectivity index (χ1) is 9.30. The second kappa shape index (κ2) is 7.01. The second-order valence-corrected chi connectivity index (χ2v) is 5.02. The fourth-order valence-corrected chi connectivity index (χ4v) is 2.85. The number of nitrogens with zero attached hydrogens (tertiary/aromatic N) is 1. The van der Waals surface area contributed by atoms with Crippen LogP contribution in [0.15, 0.2) is 24.3 Å². The molecule has 1 aromatic rings. The van der Waals surface area contributed by atoms with Crippen LogP contribution < -0.4 is 5.73 Å². The zero-order valence-corrected chi connectivity index (χ0v) is 11.8. The van der Waals surface area contributed by atoms with Gasteiger partial charge in [-0.1, -0.05) is 24.3 Å². The van der Waals surface area contributed by atoms with Crippen LogP contribution in [0.25, 0.3) is 0 Å². The van der Waals surface area contributed by atoms with Crippen molar-refractivity contribution >= 4 is 0 Å². The summed E-state index contributed by atoms with van der Waals surface area (Å²) in [6, 6.07) is 8.65. The van der Waals surface area contributed by atoms with E-state index in [1.54, 1.807) is 14.2 Å². The molecule has 0 radical (unpaired) electrons. The van der Waals surface area contributed by atoms with Crippen LogP contribution in [0.4, 0.5) is 0 Å². The van der Waals surface area contributed by atoms with Crippen LogP contribution in [0.5, 0.6) is 0 Å². The molecule has 1 aliphatic rings. The zero-order chi connectivity index (χ0) is 13.7. The lowest BCUT2D eigenvalue weighted by Gasteiger charge is -2.28. The van der Waals surface area contributed by atoms with Gasteiger partial charge >= 0.3 is 0 Å². The van der Waals surface area contributed by atoms with Gasteiger partial charge in [0, 0.05) is 39.9 Å². The number of likely N-dealkylation sites (tertiary alicyclic amines) is 1. The first kappa shape index (κ1) is 14.5. The molecule has 0 aromatic heterocycles. The number of ether oxygens (including phenoxy) is 2. The summed E-state index contributed by atoms with van der Waals surface area (Å²) in [5.41, 5.74) is 8.52. The van der Waals surface area contributed by atoms with Crippen LogP contribution in [0.2, 0.25) is 0 Å². The van der Waals surface area contributed by atoms with E-state index in [-0.39, 0.29) is 6.04 Å². The lowest BCUT2D eigenvalue weighted by molar-refractivity contribution is 0.101. The summed E-state index contributed by atoms with van der Waals surface area (Å²) in [6.45, 7) is 3.26. The zero-order valence-electron chi connectivity index (χ0n) is 11.8. The number of hydrogen-bond acceptors (Lipinski definition) is 4. The van der Waals surface area contributed by atoms with Crippen molar-refractivity contribution in [3.8, 4) is 0 Å². The van der Waals surface area contributed by atoms with Crippen LogP contribution in [-0.4, -0.2) is 44.9 Å². The molecule has 0 aliphatic carbocycles. The first-order valence-electron chi connectivity index (χ1n) is 6.83. The molecule has 2 rings (SSSR count). The highest BCUT2D eigenvalue weighted by molar-refractivity contribution is 5.30. The van der Waals surface area contributed by atoms with Crippen molar-refractivity contribution in [1.82, 2.24) is 4.90 Å². The fourth-order valence-electron chi connectivity index (χ4n) is 2.85. The van der Waals surface area contributed by atoms with E-state index in [0.717, 1.165) is 19.5 Å². The predicted molar refractivity (Wildman–Crippen MR) is 75.9 cm³/mol. The van der Waals surface area contributed by atoms with Crippen molar-refractivity contribution in [3.05, 3.63) is 35.4 Å². The van der Waals surface area contributed by atoms with E-state index >= 15 is 0 Å². The van der Waals surface area contributed by atoms with Crippen LogP contribution in [-0.2, 0) is 16.1 Å². The van der Waals surface area contributed by atoms with E-state index in [1.165, 1.54) is 11.1 Å². The van der Waals surface area contributed by atoms with E-state index in [9.17, 15) is 0 Å². The minimum Gasteiger partial charge on any atom is -0.380 e. The Morgan fingerprint density at radius 2 is 2.16 bits per heavy atom. The highest BCUT2D eigenvalue weighted by Crippen LogP contribution is 2.28. The van der Waals surface area contributed by atoms with Crippen molar-refractivity contribution in [2.45, 2.75) is 25.2 Å². The molecular formula is C15H24N2O2. The number of methoxy groups -OCH3 is 2. The Kier molecular flexibility index (Phi) is 5.34.